The van der Waals surface area contributed by atoms with E-state index in [0.717, 1.165) is 12.8 Å². The average Bonchev–Trinajstić information content (AvgIpc) is 3.06. The molecule has 23 heavy (non-hydrogen) atoms. The van der Waals surface area contributed by atoms with E-state index < -0.39 is 23.3 Å². The summed E-state index contributed by atoms with van der Waals surface area (Å²) in [6.45, 7) is 0.295. The number of phenolic OH excluding ortho intramolecular Hbond substituents is 2. The lowest BCUT2D eigenvalue weighted by Gasteiger charge is -2.19. The Morgan fingerprint density at radius 3 is 2.65 bits per heavy atom. The molecule has 0 aromatic heterocycles. The number of hydrogen-bond donors (Lipinski definition) is 2. The van der Waals surface area contributed by atoms with Crippen LogP contribution in [-0.4, -0.2) is 33.5 Å². The molecule has 1 atom stereocenters. The second kappa shape index (κ2) is 4.84. The lowest BCUT2D eigenvalue weighted by atomic mass is 10.0. The van der Waals surface area contributed by atoms with Gasteiger partial charge in [-0.2, -0.15) is 0 Å². The Morgan fingerprint density at radius 1 is 1.04 bits per heavy atom. The van der Waals surface area contributed by atoms with Crippen LogP contribution in [-0.2, 0) is 6.42 Å². The number of aromatic hydroxyl groups is 2. The lowest BCUT2D eigenvalue weighted by molar-refractivity contribution is 0.0643. The van der Waals surface area contributed by atoms with E-state index in [1.165, 1.54) is 28.2 Å². The van der Waals surface area contributed by atoms with Crippen LogP contribution in [0.1, 0.15) is 44.2 Å². The second-order valence-electron chi connectivity index (χ2n) is 6.01. The van der Waals surface area contributed by atoms with E-state index >= 15 is 0 Å². The summed E-state index contributed by atoms with van der Waals surface area (Å²) < 4.78 is 0. The van der Waals surface area contributed by atoms with Gasteiger partial charge in [0.1, 0.15) is 0 Å². The van der Waals surface area contributed by atoms with Crippen molar-refractivity contribution in [2.45, 2.75) is 18.8 Å². The first-order valence-electron chi connectivity index (χ1n) is 7.57. The number of aryl methyl sites for hydroxylation is 1. The van der Waals surface area contributed by atoms with Gasteiger partial charge in [0.25, 0.3) is 11.8 Å². The third-order valence-corrected chi connectivity index (χ3v) is 4.75. The number of benzene rings is 2. The van der Waals surface area contributed by atoms with Gasteiger partial charge < -0.3 is 10.2 Å². The fourth-order valence-corrected chi connectivity index (χ4v) is 3.57. The van der Waals surface area contributed by atoms with Gasteiger partial charge >= 0.3 is 0 Å². The fourth-order valence-electron chi connectivity index (χ4n) is 3.57. The van der Waals surface area contributed by atoms with Crippen LogP contribution in [0, 0.1) is 0 Å². The first-order chi connectivity index (χ1) is 11.1. The first-order valence-corrected chi connectivity index (χ1v) is 7.57. The van der Waals surface area contributed by atoms with Gasteiger partial charge in [0.05, 0.1) is 11.1 Å². The zero-order valence-electron chi connectivity index (χ0n) is 12.3. The molecule has 2 aliphatic rings. The number of carbonyl (C=O) groups excluding carboxylic acids is 2. The van der Waals surface area contributed by atoms with Crippen molar-refractivity contribution in [3.05, 3.63) is 58.7 Å². The number of carbonyl (C=O) groups is 2. The lowest BCUT2D eigenvalue weighted by Crippen LogP contribution is -2.33. The highest BCUT2D eigenvalue weighted by Gasteiger charge is 2.40. The number of nitrogens with zero attached hydrogens (tertiary/aromatic N) is 1. The molecule has 0 radical (unpaired) electrons. The van der Waals surface area contributed by atoms with Crippen LogP contribution in [0.3, 0.4) is 0 Å². The molecule has 0 bridgehead atoms. The molecule has 116 valence electrons. The summed E-state index contributed by atoms with van der Waals surface area (Å²) in [5.41, 5.74) is 2.49. The Hall–Kier alpha value is -2.82. The molecule has 1 aliphatic carbocycles. The van der Waals surface area contributed by atoms with Crippen molar-refractivity contribution >= 4 is 11.8 Å². The number of rotatable bonds is 2. The predicted molar refractivity (Wildman–Crippen MR) is 82.6 cm³/mol. The highest BCUT2D eigenvalue weighted by atomic mass is 16.3. The topological polar surface area (TPSA) is 77.8 Å². The van der Waals surface area contributed by atoms with Crippen LogP contribution in [0.2, 0.25) is 0 Å². The summed E-state index contributed by atoms with van der Waals surface area (Å²) in [6, 6.07) is 10.7. The number of phenols is 2. The Morgan fingerprint density at radius 2 is 1.83 bits per heavy atom. The summed E-state index contributed by atoms with van der Waals surface area (Å²) in [6.07, 6.45) is 1.83. The summed E-state index contributed by atoms with van der Waals surface area (Å²) in [7, 11) is 0. The average molecular weight is 309 g/mol. The van der Waals surface area contributed by atoms with Crippen LogP contribution in [0.15, 0.2) is 36.4 Å². The van der Waals surface area contributed by atoms with E-state index in [1.54, 1.807) is 0 Å². The molecule has 0 unspecified atom stereocenters. The minimum atomic E-state index is -0.539. The van der Waals surface area contributed by atoms with E-state index in [2.05, 4.69) is 6.07 Å². The van der Waals surface area contributed by atoms with E-state index in [-0.39, 0.29) is 17.0 Å². The zero-order valence-corrected chi connectivity index (χ0v) is 12.3. The molecular weight excluding hydrogens is 294 g/mol. The van der Waals surface area contributed by atoms with Gasteiger partial charge in [0, 0.05) is 12.5 Å². The number of hydrogen-bond acceptors (Lipinski definition) is 4. The fraction of sp³-hybridized carbons (Fsp3) is 0.222. The molecular formula is C18H15NO4. The van der Waals surface area contributed by atoms with Crippen LogP contribution >= 0.6 is 0 Å². The van der Waals surface area contributed by atoms with E-state index in [4.69, 9.17) is 0 Å². The van der Waals surface area contributed by atoms with Crippen LogP contribution in [0.5, 0.6) is 11.5 Å². The van der Waals surface area contributed by atoms with Crippen molar-refractivity contribution in [1.29, 1.82) is 0 Å². The quantitative estimate of drug-likeness (QED) is 0.660. The normalized spacial score (nSPS) is 19.1. The summed E-state index contributed by atoms with van der Waals surface area (Å²) in [5, 5.41) is 19.4. The number of fused-ring (bicyclic) bond motifs is 2. The molecule has 2 aromatic carbocycles. The molecule has 5 heteroatoms. The molecule has 4 rings (SSSR count). The molecule has 0 saturated heterocycles. The van der Waals surface area contributed by atoms with Crippen LogP contribution in [0.25, 0.3) is 0 Å². The SMILES string of the molecule is O=C1c2ccc(O)c(O)c2C(=O)N1C[C@@H]1CCc2ccccc21. The highest BCUT2D eigenvalue weighted by Crippen LogP contribution is 2.39. The molecule has 0 fully saturated rings. The Kier molecular flexibility index (Phi) is 2.91. The Bertz CT molecular complexity index is 843. The Balaban J connectivity index is 1.66. The first kappa shape index (κ1) is 13.8. The summed E-state index contributed by atoms with van der Waals surface area (Å²) >= 11 is 0. The van der Waals surface area contributed by atoms with Crippen molar-refractivity contribution in [3.8, 4) is 11.5 Å². The maximum Gasteiger partial charge on any atom is 0.265 e. The summed E-state index contributed by atoms with van der Waals surface area (Å²) in [5.74, 6) is -1.75. The van der Waals surface area contributed by atoms with E-state index in [1.807, 2.05) is 18.2 Å². The van der Waals surface area contributed by atoms with Crippen LogP contribution < -0.4 is 0 Å². The third kappa shape index (κ3) is 1.93. The van der Waals surface area contributed by atoms with Crippen molar-refractivity contribution < 1.29 is 19.8 Å². The minimum Gasteiger partial charge on any atom is -0.504 e. The van der Waals surface area contributed by atoms with Crippen molar-refractivity contribution in [1.82, 2.24) is 4.90 Å². The second-order valence-corrected chi connectivity index (χ2v) is 6.01. The monoisotopic (exact) mass is 309 g/mol. The Labute approximate surface area is 132 Å². The smallest absolute Gasteiger partial charge is 0.265 e. The maximum absolute atomic E-state index is 12.5. The van der Waals surface area contributed by atoms with Gasteiger partial charge in [-0.3, -0.25) is 14.5 Å². The van der Waals surface area contributed by atoms with Crippen molar-refractivity contribution in [3.63, 3.8) is 0 Å². The van der Waals surface area contributed by atoms with Gasteiger partial charge in [0.15, 0.2) is 11.5 Å². The van der Waals surface area contributed by atoms with Gasteiger partial charge in [-0.05, 0) is 36.1 Å². The maximum atomic E-state index is 12.5. The van der Waals surface area contributed by atoms with Gasteiger partial charge in [-0.1, -0.05) is 24.3 Å². The predicted octanol–water partition coefficient (Wildman–Crippen LogP) is 2.42. The van der Waals surface area contributed by atoms with Crippen molar-refractivity contribution in [2.24, 2.45) is 0 Å². The molecule has 5 nitrogen and oxygen atoms in total. The molecule has 2 aromatic rings. The third-order valence-electron chi connectivity index (χ3n) is 4.75. The van der Waals surface area contributed by atoms with Crippen molar-refractivity contribution in [2.75, 3.05) is 6.54 Å². The summed E-state index contributed by atoms with van der Waals surface area (Å²) in [4.78, 5) is 26.2. The van der Waals surface area contributed by atoms with Gasteiger partial charge in [-0.25, -0.2) is 0 Å². The van der Waals surface area contributed by atoms with Crippen LogP contribution in [0.4, 0.5) is 0 Å². The van der Waals surface area contributed by atoms with E-state index in [0.29, 0.717) is 6.54 Å². The molecule has 2 amide bonds. The molecule has 1 heterocycles. The molecule has 2 N–H and O–H groups in total. The molecule has 1 aliphatic heterocycles. The van der Waals surface area contributed by atoms with Gasteiger partial charge in [-0.15, -0.1) is 0 Å². The van der Waals surface area contributed by atoms with E-state index in [9.17, 15) is 19.8 Å². The molecule has 0 saturated carbocycles. The largest absolute Gasteiger partial charge is 0.504 e. The highest BCUT2D eigenvalue weighted by molar-refractivity contribution is 6.22. The zero-order chi connectivity index (χ0) is 16.1. The standard InChI is InChI=1S/C18H15NO4/c20-14-8-7-13-15(16(14)21)18(23)19(17(13)22)9-11-6-5-10-3-1-2-4-12(10)11/h1-4,7-8,11,20-21H,5-6,9H2/t11-/m0/s1. The van der Waals surface area contributed by atoms with Gasteiger partial charge in [0.2, 0.25) is 0 Å². The number of imide groups is 1. The minimum absolute atomic E-state index is 0.0960. The molecule has 0 spiro atoms. The number of amides is 2.